The highest BCUT2D eigenvalue weighted by molar-refractivity contribution is 6.36. The van der Waals surface area contributed by atoms with Crippen molar-refractivity contribution in [2.24, 2.45) is 5.10 Å². The molecular formula is C28H19Cl3N2O4. The Labute approximate surface area is 228 Å². The van der Waals surface area contributed by atoms with Gasteiger partial charge in [-0.3, -0.25) is 4.79 Å². The number of carbonyl (C=O) groups is 2. The SMILES string of the molecule is O=C(Oc1cccc(/C=N\NC(=O)c2ccccc2OCc2ccc(Cl)cc2)c1)c1ccc(Cl)cc1Cl. The normalized spacial score (nSPS) is 10.8. The molecule has 37 heavy (non-hydrogen) atoms. The van der Waals surface area contributed by atoms with E-state index in [2.05, 4.69) is 10.5 Å². The van der Waals surface area contributed by atoms with E-state index in [9.17, 15) is 9.59 Å². The fraction of sp³-hybridized carbons (Fsp3) is 0.0357. The quantitative estimate of drug-likeness (QED) is 0.108. The first-order chi connectivity index (χ1) is 17.9. The Bertz CT molecular complexity index is 1460. The molecule has 0 aliphatic carbocycles. The smallest absolute Gasteiger partial charge is 0.345 e. The molecule has 186 valence electrons. The van der Waals surface area contributed by atoms with E-state index >= 15 is 0 Å². The number of para-hydroxylation sites is 1. The molecule has 1 amide bonds. The lowest BCUT2D eigenvalue weighted by Gasteiger charge is -2.10. The molecule has 0 aromatic heterocycles. The van der Waals surface area contributed by atoms with Crippen LogP contribution in [0.5, 0.6) is 11.5 Å². The molecule has 1 N–H and O–H groups in total. The van der Waals surface area contributed by atoms with Crippen LogP contribution < -0.4 is 14.9 Å². The van der Waals surface area contributed by atoms with E-state index in [1.807, 2.05) is 12.1 Å². The monoisotopic (exact) mass is 552 g/mol. The number of benzene rings is 4. The average Bonchev–Trinajstić information content (AvgIpc) is 2.88. The minimum Gasteiger partial charge on any atom is -0.488 e. The molecule has 0 heterocycles. The Hall–Kier alpha value is -3.84. The second kappa shape index (κ2) is 12.4. The number of hydrazone groups is 1. The van der Waals surface area contributed by atoms with Gasteiger partial charge in [-0.15, -0.1) is 0 Å². The standard InChI is InChI=1S/C28H19Cl3N2O4/c29-20-10-8-18(9-11-20)17-36-26-7-2-1-6-24(26)27(34)33-32-16-19-4-3-5-22(14-19)37-28(35)23-13-12-21(30)15-25(23)31/h1-16H,17H2,(H,33,34)/b32-16-. The summed E-state index contributed by atoms with van der Waals surface area (Å²) in [4.78, 5) is 25.2. The van der Waals surface area contributed by atoms with Gasteiger partial charge in [-0.25, -0.2) is 10.2 Å². The van der Waals surface area contributed by atoms with Gasteiger partial charge in [0.1, 0.15) is 18.1 Å². The molecule has 6 nitrogen and oxygen atoms in total. The summed E-state index contributed by atoms with van der Waals surface area (Å²) in [6.45, 7) is 0.275. The van der Waals surface area contributed by atoms with Gasteiger partial charge in [0.2, 0.25) is 0 Å². The summed E-state index contributed by atoms with van der Waals surface area (Å²) in [6.07, 6.45) is 1.43. The first-order valence-electron chi connectivity index (χ1n) is 11.0. The average molecular weight is 554 g/mol. The Morgan fingerprint density at radius 2 is 1.57 bits per heavy atom. The molecule has 0 radical (unpaired) electrons. The number of amides is 1. The van der Waals surface area contributed by atoms with Gasteiger partial charge in [0.15, 0.2) is 0 Å². The van der Waals surface area contributed by atoms with Crippen LogP contribution >= 0.6 is 34.8 Å². The minimum atomic E-state index is -0.626. The molecule has 9 heteroatoms. The van der Waals surface area contributed by atoms with Crippen molar-refractivity contribution in [1.82, 2.24) is 5.43 Å². The summed E-state index contributed by atoms with van der Waals surface area (Å²) in [7, 11) is 0. The summed E-state index contributed by atoms with van der Waals surface area (Å²) in [5.41, 5.74) is 4.52. The maximum absolute atomic E-state index is 12.7. The van der Waals surface area contributed by atoms with Crippen LogP contribution in [0.3, 0.4) is 0 Å². The number of nitrogens with zero attached hydrogens (tertiary/aromatic N) is 1. The predicted octanol–water partition coefficient (Wildman–Crippen LogP) is 7.21. The fourth-order valence-electron chi connectivity index (χ4n) is 3.22. The summed E-state index contributed by atoms with van der Waals surface area (Å²) in [6, 6.07) is 25.3. The van der Waals surface area contributed by atoms with Gasteiger partial charge < -0.3 is 9.47 Å². The van der Waals surface area contributed by atoms with Gasteiger partial charge in [-0.1, -0.05) is 71.2 Å². The number of hydrogen-bond donors (Lipinski definition) is 1. The van der Waals surface area contributed by atoms with Crippen LogP contribution in [0, 0.1) is 0 Å². The highest BCUT2D eigenvalue weighted by Crippen LogP contribution is 2.23. The van der Waals surface area contributed by atoms with Crippen LogP contribution in [0.15, 0.2) is 96.1 Å². The molecule has 4 aromatic carbocycles. The molecule has 0 unspecified atom stereocenters. The number of rotatable bonds is 8. The summed E-state index contributed by atoms with van der Waals surface area (Å²) in [5.74, 6) is -0.366. The van der Waals surface area contributed by atoms with E-state index in [0.717, 1.165) is 5.56 Å². The van der Waals surface area contributed by atoms with Gasteiger partial charge in [0, 0.05) is 10.0 Å². The summed E-state index contributed by atoms with van der Waals surface area (Å²) < 4.78 is 11.2. The number of carbonyl (C=O) groups excluding carboxylic acids is 2. The van der Waals surface area contributed by atoms with E-state index in [1.54, 1.807) is 66.7 Å². The highest BCUT2D eigenvalue weighted by Gasteiger charge is 2.14. The Kier molecular flexibility index (Phi) is 8.80. The highest BCUT2D eigenvalue weighted by atomic mass is 35.5. The topological polar surface area (TPSA) is 77.0 Å². The van der Waals surface area contributed by atoms with Crippen molar-refractivity contribution in [2.45, 2.75) is 6.61 Å². The Morgan fingerprint density at radius 1 is 0.811 bits per heavy atom. The zero-order chi connectivity index (χ0) is 26.2. The molecule has 0 saturated carbocycles. The first-order valence-corrected chi connectivity index (χ1v) is 12.1. The summed E-state index contributed by atoms with van der Waals surface area (Å²) >= 11 is 17.9. The van der Waals surface area contributed by atoms with Crippen molar-refractivity contribution in [3.05, 3.63) is 128 Å². The number of ether oxygens (including phenoxy) is 2. The first kappa shape index (κ1) is 26.2. The van der Waals surface area contributed by atoms with Crippen LogP contribution in [0.25, 0.3) is 0 Å². The molecule has 4 rings (SSSR count). The van der Waals surface area contributed by atoms with Crippen molar-refractivity contribution in [3.63, 3.8) is 0 Å². The number of nitrogens with one attached hydrogen (secondary N) is 1. The predicted molar refractivity (Wildman–Crippen MR) is 145 cm³/mol. The number of hydrogen-bond acceptors (Lipinski definition) is 5. The minimum absolute atomic E-state index is 0.189. The van der Waals surface area contributed by atoms with Crippen molar-refractivity contribution < 1.29 is 19.1 Å². The molecule has 0 saturated heterocycles. The molecule has 0 fully saturated rings. The van der Waals surface area contributed by atoms with E-state index in [-0.39, 0.29) is 22.9 Å². The van der Waals surface area contributed by atoms with Crippen LogP contribution in [0.1, 0.15) is 31.8 Å². The molecule has 0 bridgehead atoms. The van der Waals surface area contributed by atoms with Crippen LogP contribution in [-0.4, -0.2) is 18.1 Å². The van der Waals surface area contributed by atoms with E-state index in [1.165, 1.54) is 18.3 Å². The molecule has 4 aromatic rings. The second-order valence-corrected chi connectivity index (χ2v) is 8.98. The molecular weight excluding hydrogens is 535 g/mol. The zero-order valence-corrected chi connectivity index (χ0v) is 21.4. The molecule has 0 aliphatic heterocycles. The molecule has 0 atom stereocenters. The van der Waals surface area contributed by atoms with Crippen LogP contribution in [0.2, 0.25) is 15.1 Å². The van der Waals surface area contributed by atoms with Crippen molar-refractivity contribution >= 4 is 52.9 Å². The van der Waals surface area contributed by atoms with Crippen molar-refractivity contribution in [3.8, 4) is 11.5 Å². The summed E-state index contributed by atoms with van der Waals surface area (Å²) in [5, 5.41) is 5.26. The van der Waals surface area contributed by atoms with Gasteiger partial charge in [-0.05, 0) is 65.7 Å². The third kappa shape index (κ3) is 7.33. The third-order valence-electron chi connectivity index (χ3n) is 5.04. The van der Waals surface area contributed by atoms with E-state index < -0.39 is 11.9 Å². The Morgan fingerprint density at radius 3 is 2.35 bits per heavy atom. The van der Waals surface area contributed by atoms with E-state index in [0.29, 0.717) is 26.9 Å². The maximum Gasteiger partial charge on any atom is 0.345 e. The van der Waals surface area contributed by atoms with Gasteiger partial charge in [-0.2, -0.15) is 5.10 Å². The molecule has 0 aliphatic rings. The number of halogens is 3. The fourth-order valence-corrected chi connectivity index (χ4v) is 3.83. The molecule has 0 spiro atoms. The largest absolute Gasteiger partial charge is 0.488 e. The van der Waals surface area contributed by atoms with Gasteiger partial charge >= 0.3 is 5.97 Å². The van der Waals surface area contributed by atoms with Crippen LogP contribution in [-0.2, 0) is 6.61 Å². The lowest BCUT2D eigenvalue weighted by Crippen LogP contribution is -2.18. The maximum atomic E-state index is 12.7. The zero-order valence-electron chi connectivity index (χ0n) is 19.2. The van der Waals surface area contributed by atoms with Crippen molar-refractivity contribution in [2.75, 3.05) is 0 Å². The Balaban J connectivity index is 1.38. The van der Waals surface area contributed by atoms with Gasteiger partial charge in [0.25, 0.3) is 5.91 Å². The second-order valence-electron chi connectivity index (χ2n) is 7.70. The third-order valence-corrected chi connectivity index (χ3v) is 5.84. The van der Waals surface area contributed by atoms with Gasteiger partial charge in [0.05, 0.1) is 22.4 Å². The van der Waals surface area contributed by atoms with E-state index in [4.69, 9.17) is 44.3 Å². The lowest BCUT2D eigenvalue weighted by atomic mass is 10.2. The van der Waals surface area contributed by atoms with Crippen LogP contribution in [0.4, 0.5) is 0 Å². The lowest BCUT2D eigenvalue weighted by molar-refractivity contribution is 0.0734. The van der Waals surface area contributed by atoms with Crippen molar-refractivity contribution in [1.29, 1.82) is 0 Å². The number of esters is 1.